The minimum Gasteiger partial charge on any atom is -0.383 e. The van der Waals surface area contributed by atoms with E-state index in [9.17, 15) is 0 Å². The van der Waals surface area contributed by atoms with E-state index in [4.69, 9.17) is 9.26 Å². The standard InChI is InChI=1S/C22H24N6O2S/c1-15(2)16-4-6-17(7-5-16)20-24-19(30-27-20)14-31-22-26-25-21(28(22)12-13-29-3)18-8-10-23-11-9-18/h4-11,15H,12-14H2,1-3H3. The molecule has 0 unspecified atom stereocenters. The fraction of sp³-hybridized carbons (Fsp3) is 0.318. The summed E-state index contributed by atoms with van der Waals surface area (Å²) in [6.07, 6.45) is 3.48. The third-order valence-electron chi connectivity index (χ3n) is 4.80. The lowest BCUT2D eigenvalue weighted by Crippen LogP contribution is -2.07. The molecule has 0 N–H and O–H groups in total. The highest BCUT2D eigenvalue weighted by atomic mass is 32.2. The Morgan fingerprint density at radius 3 is 2.52 bits per heavy atom. The van der Waals surface area contributed by atoms with E-state index in [1.807, 2.05) is 28.8 Å². The van der Waals surface area contributed by atoms with Crippen molar-refractivity contribution < 1.29 is 9.26 Å². The molecule has 0 amide bonds. The Kier molecular flexibility index (Phi) is 6.73. The Hall–Kier alpha value is -3.04. The molecule has 0 saturated heterocycles. The average Bonchev–Trinajstić information content (AvgIpc) is 3.44. The van der Waals surface area contributed by atoms with Crippen molar-refractivity contribution in [1.82, 2.24) is 29.9 Å². The summed E-state index contributed by atoms with van der Waals surface area (Å²) in [6.45, 7) is 5.54. The van der Waals surface area contributed by atoms with Crippen LogP contribution in [-0.4, -0.2) is 43.6 Å². The first kappa shape index (κ1) is 21.2. The third-order valence-corrected chi connectivity index (χ3v) is 5.75. The molecule has 0 atom stereocenters. The van der Waals surface area contributed by atoms with Crippen LogP contribution in [0, 0.1) is 0 Å². The van der Waals surface area contributed by atoms with Crippen molar-refractivity contribution in [2.45, 2.75) is 37.2 Å². The van der Waals surface area contributed by atoms with Gasteiger partial charge in [-0.25, -0.2) is 0 Å². The van der Waals surface area contributed by atoms with Crippen LogP contribution in [0.3, 0.4) is 0 Å². The van der Waals surface area contributed by atoms with Crippen LogP contribution >= 0.6 is 11.8 Å². The van der Waals surface area contributed by atoms with Crippen molar-refractivity contribution in [2.24, 2.45) is 0 Å². The summed E-state index contributed by atoms with van der Waals surface area (Å²) in [5, 5.41) is 13.6. The van der Waals surface area contributed by atoms with Gasteiger partial charge in [-0.15, -0.1) is 10.2 Å². The molecule has 0 fully saturated rings. The number of rotatable bonds is 9. The molecule has 0 saturated carbocycles. The van der Waals surface area contributed by atoms with Crippen LogP contribution in [0.2, 0.25) is 0 Å². The molecular weight excluding hydrogens is 412 g/mol. The second kappa shape index (κ2) is 9.84. The number of thioether (sulfide) groups is 1. The predicted molar refractivity (Wildman–Crippen MR) is 119 cm³/mol. The molecule has 160 valence electrons. The van der Waals surface area contributed by atoms with Gasteiger partial charge in [-0.3, -0.25) is 9.55 Å². The summed E-state index contributed by atoms with van der Waals surface area (Å²) in [6, 6.07) is 12.1. The molecular formula is C22H24N6O2S. The minimum absolute atomic E-state index is 0.485. The van der Waals surface area contributed by atoms with E-state index in [1.165, 1.54) is 17.3 Å². The van der Waals surface area contributed by atoms with Crippen LogP contribution in [0.25, 0.3) is 22.8 Å². The lowest BCUT2D eigenvalue weighted by atomic mass is 10.0. The Morgan fingerprint density at radius 1 is 1.03 bits per heavy atom. The molecule has 0 radical (unpaired) electrons. The van der Waals surface area contributed by atoms with Crippen LogP contribution in [0.1, 0.15) is 31.2 Å². The maximum atomic E-state index is 5.46. The molecule has 1 aromatic carbocycles. The molecule has 4 aromatic rings. The van der Waals surface area contributed by atoms with Crippen LogP contribution in [0.15, 0.2) is 58.5 Å². The zero-order chi connectivity index (χ0) is 21.6. The van der Waals surface area contributed by atoms with Gasteiger partial charge in [0.2, 0.25) is 11.7 Å². The zero-order valence-electron chi connectivity index (χ0n) is 17.7. The van der Waals surface area contributed by atoms with E-state index >= 15 is 0 Å². The van der Waals surface area contributed by atoms with Crippen molar-refractivity contribution in [3.63, 3.8) is 0 Å². The molecule has 9 heteroatoms. The van der Waals surface area contributed by atoms with Crippen LogP contribution < -0.4 is 0 Å². The van der Waals surface area contributed by atoms with Gasteiger partial charge in [0.1, 0.15) is 0 Å². The summed E-state index contributed by atoms with van der Waals surface area (Å²) in [5.41, 5.74) is 3.17. The van der Waals surface area contributed by atoms with Crippen LogP contribution in [0.5, 0.6) is 0 Å². The molecule has 0 aliphatic rings. The predicted octanol–water partition coefficient (Wildman–Crippen LogP) is 4.45. The quantitative estimate of drug-likeness (QED) is 0.355. The average molecular weight is 437 g/mol. The second-order valence-electron chi connectivity index (χ2n) is 7.26. The van der Waals surface area contributed by atoms with Gasteiger partial charge in [0, 0.05) is 30.6 Å². The van der Waals surface area contributed by atoms with Crippen molar-refractivity contribution in [2.75, 3.05) is 13.7 Å². The summed E-state index contributed by atoms with van der Waals surface area (Å²) in [5.74, 6) is 2.89. The fourth-order valence-electron chi connectivity index (χ4n) is 3.07. The number of hydrogen-bond acceptors (Lipinski definition) is 8. The van der Waals surface area contributed by atoms with E-state index in [-0.39, 0.29) is 0 Å². The van der Waals surface area contributed by atoms with E-state index in [2.05, 4.69) is 51.3 Å². The molecule has 4 rings (SSSR count). The van der Waals surface area contributed by atoms with Crippen molar-refractivity contribution in [3.8, 4) is 22.8 Å². The van der Waals surface area contributed by atoms with Gasteiger partial charge in [-0.1, -0.05) is 55.0 Å². The monoisotopic (exact) mass is 436 g/mol. The molecule has 31 heavy (non-hydrogen) atoms. The number of hydrogen-bond donors (Lipinski definition) is 0. The highest BCUT2D eigenvalue weighted by molar-refractivity contribution is 7.98. The Bertz CT molecular complexity index is 1110. The number of pyridine rings is 1. The van der Waals surface area contributed by atoms with Gasteiger partial charge >= 0.3 is 0 Å². The molecule has 3 heterocycles. The number of aromatic nitrogens is 6. The summed E-state index contributed by atoms with van der Waals surface area (Å²) in [7, 11) is 1.68. The number of benzene rings is 1. The van der Waals surface area contributed by atoms with Gasteiger partial charge in [0.25, 0.3) is 0 Å². The Balaban J connectivity index is 1.49. The second-order valence-corrected chi connectivity index (χ2v) is 8.21. The van der Waals surface area contributed by atoms with E-state index < -0.39 is 0 Å². The van der Waals surface area contributed by atoms with Gasteiger partial charge in [-0.2, -0.15) is 4.98 Å². The molecule has 8 nitrogen and oxygen atoms in total. The summed E-state index contributed by atoms with van der Waals surface area (Å²) < 4.78 is 12.8. The Morgan fingerprint density at radius 2 is 1.81 bits per heavy atom. The molecule has 3 aromatic heterocycles. The Labute approximate surface area is 185 Å². The first-order valence-corrected chi connectivity index (χ1v) is 11.0. The molecule has 0 aliphatic heterocycles. The van der Waals surface area contributed by atoms with E-state index in [1.54, 1.807) is 19.5 Å². The number of ether oxygens (including phenoxy) is 1. The largest absolute Gasteiger partial charge is 0.383 e. The number of nitrogens with zero attached hydrogens (tertiary/aromatic N) is 6. The zero-order valence-corrected chi connectivity index (χ0v) is 18.5. The van der Waals surface area contributed by atoms with Gasteiger partial charge < -0.3 is 9.26 Å². The van der Waals surface area contributed by atoms with E-state index in [0.29, 0.717) is 36.5 Å². The summed E-state index contributed by atoms with van der Waals surface area (Å²) >= 11 is 1.50. The number of methoxy groups -OCH3 is 1. The fourth-order valence-corrected chi connectivity index (χ4v) is 3.87. The maximum Gasteiger partial charge on any atom is 0.237 e. The van der Waals surface area contributed by atoms with Crippen molar-refractivity contribution in [3.05, 3.63) is 60.2 Å². The summed E-state index contributed by atoms with van der Waals surface area (Å²) in [4.78, 5) is 8.61. The lowest BCUT2D eigenvalue weighted by molar-refractivity contribution is 0.185. The molecule has 0 spiro atoms. The highest BCUT2D eigenvalue weighted by Crippen LogP contribution is 2.27. The van der Waals surface area contributed by atoms with Gasteiger partial charge in [0.05, 0.1) is 18.9 Å². The van der Waals surface area contributed by atoms with Crippen LogP contribution in [-0.2, 0) is 17.0 Å². The smallest absolute Gasteiger partial charge is 0.237 e. The first-order valence-electron chi connectivity index (χ1n) is 10.0. The lowest BCUT2D eigenvalue weighted by Gasteiger charge is -2.08. The van der Waals surface area contributed by atoms with Crippen molar-refractivity contribution >= 4 is 11.8 Å². The minimum atomic E-state index is 0.485. The van der Waals surface area contributed by atoms with E-state index in [0.717, 1.165) is 22.1 Å². The molecule has 0 bridgehead atoms. The normalized spacial score (nSPS) is 11.4. The van der Waals surface area contributed by atoms with Gasteiger partial charge in [-0.05, 0) is 23.6 Å². The topological polar surface area (TPSA) is 91.8 Å². The van der Waals surface area contributed by atoms with Gasteiger partial charge in [0.15, 0.2) is 11.0 Å². The van der Waals surface area contributed by atoms with Crippen LogP contribution in [0.4, 0.5) is 0 Å². The molecule has 0 aliphatic carbocycles. The van der Waals surface area contributed by atoms with Crippen molar-refractivity contribution in [1.29, 1.82) is 0 Å². The highest BCUT2D eigenvalue weighted by Gasteiger charge is 2.16. The maximum absolute atomic E-state index is 5.46. The SMILES string of the molecule is COCCn1c(SCc2nc(-c3ccc(C(C)C)cc3)no2)nnc1-c1ccncc1. The first-order chi connectivity index (χ1) is 15.2. The third kappa shape index (κ3) is 5.00.